The van der Waals surface area contributed by atoms with Crippen molar-refractivity contribution in [1.82, 2.24) is 9.97 Å². The number of aryl methyl sites for hydroxylation is 1. The predicted octanol–water partition coefficient (Wildman–Crippen LogP) is 3.02. The number of rotatable bonds is 3. The van der Waals surface area contributed by atoms with E-state index >= 15 is 0 Å². The van der Waals surface area contributed by atoms with E-state index in [2.05, 4.69) is 14.7 Å². The number of benzene rings is 1. The first kappa shape index (κ1) is 13.3. The van der Waals surface area contributed by atoms with E-state index in [1.54, 1.807) is 18.2 Å². The highest BCUT2D eigenvalue weighted by atomic mass is 35.5. The Morgan fingerprint density at radius 2 is 2.11 bits per heavy atom. The van der Waals surface area contributed by atoms with Crippen molar-refractivity contribution < 1.29 is 14.3 Å². The number of halogens is 1. The molecule has 0 radical (unpaired) electrons. The number of aromatic nitrogens is 2. The van der Waals surface area contributed by atoms with E-state index in [9.17, 15) is 4.79 Å². The smallest absolute Gasteiger partial charge is 0.358 e. The summed E-state index contributed by atoms with van der Waals surface area (Å²) in [5, 5.41) is 0.624. The van der Waals surface area contributed by atoms with Crippen LogP contribution in [0, 0.1) is 6.92 Å². The summed E-state index contributed by atoms with van der Waals surface area (Å²) in [5.74, 6) is 0.250. The Hall–Kier alpha value is -2.14. The molecule has 98 valence electrons. The lowest BCUT2D eigenvalue weighted by Gasteiger charge is -2.08. The average molecular weight is 279 g/mol. The molecule has 2 rings (SSSR count). The molecule has 0 amide bonds. The Labute approximate surface area is 115 Å². The summed E-state index contributed by atoms with van der Waals surface area (Å²) < 4.78 is 10.1. The number of carbonyl (C=O) groups excluding carboxylic acids is 1. The molecule has 0 spiro atoms. The van der Waals surface area contributed by atoms with Crippen LogP contribution in [0.2, 0.25) is 5.02 Å². The monoisotopic (exact) mass is 278 g/mol. The number of hydrogen-bond acceptors (Lipinski definition) is 5. The first-order valence-corrected chi connectivity index (χ1v) is 5.82. The SMILES string of the molecule is COC(=O)c1cncc(Oc2ccc(Cl)cc2C)n1. The molecule has 1 aromatic heterocycles. The van der Waals surface area contributed by atoms with Gasteiger partial charge in [-0.15, -0.1) is 0 Å². The van der Waals surface area contributed by atoms with Crippen LogP contribution in [-0.4, -0.2) is 23.0 Å². The fraction of sp³-hybridized carbons (Fsp3) is 0.154. The van der Waals surface area contributed by atoms with E-state index in [4.69, 9.17) is 16.3 Å². The summed E-state index contributed by atoms with van der Waals surface area (Å²) in [5.41, 5.74) is 0.949. The van der Waals surface area contributed by atoms with Gasteiger partial charge < -0.3 is 9.47 Å². The van der Waals surface area contributed by atoms with Crippen LogP contribution < -0.4 is 4.74 Å². The second-order valence-electron chi connectivity index (χ2n) is 3.75. The van der Waals surface area contributed by atoms with Gasteiger partial charge in [0.25, 0.3) is 0 Å². The van der Waals surface area contributed by atoms with Gasteiger partial charge in [0.1, 0.15) is 5.75 Å². The first-order chi connectivity index (χ1) is 9.10. The molecule has 0 N–H and O–H groups in total. The van der Waals surface area contributed by atoms with Crippen LogP contribution in [0.4, 0.5) is 0 Å². The van der Waals surface area contributed by atoms with E-state index < -0.39 is 5.97 Å². The standard InChI is InChI=1S/C13H11ClN2O3/c1-8-5-9(14)3-4-11(8)19-12-7-15-6-10(16-12)13(17)18-2/h3-7H,1-2H3. The lowest BCUT2D eigenvalue weighted by Crippen LogP contribution is -2.05. The second kappa shape index (κ2) is 5.67. The van der Waals surface area contributed by atoms with Crippen molar-refractivity contribution in [2.45, 2.75) is 6.92 Å². The molecule has 0 saturated heterocycles. The Balaban J connectivity index is 2.26. The quantitative estimate of drug-likeness (QED) is 0.808. The van der Waals surface area contributed by atoms with E-state index in [0.29, 0.717) is 10.8 Å². The lowest BCUT2D eigenvalue weighted by molar-refractivity contribution is 0.0592. The minimum absolute atomic E-state index is 0.0895. The van der Waals surface area contributed by atoms with Crippen LogP contribution in [0.15, 0.2) is 30.6 Å². The van der Waals surface area contributed by atoms with Gasteiger partial charge in [0.2, 0.25) is 5.88 Å². The third-order valence-corrected chi connectivity index (χ3v) is 2.59. The van der Waals surface area contributed by atoms with E-state index in [1.165, 1.54) is 19.5 Å². The third-order valence-electron chi connectivity index (χ3n) is 2.36. The highest BCUT2D eigenvalue weighted by molar-refractivity contribution is 6.30. The van der Waals surface area contributed by atoms with Gasteiger partial charge in [-0.1, -0.05) is 11.6 Å². The van der Waals surface area contributed by atoms with Crippen LogP contribution in [-0.2, 0) is 4.74 Å². The molecule has 5 nitrogen and oxygen atoms in total. The Morgan fingerprint density at radius 1 is 1.32 bits per heavy atom. The van der Waals surface area contributed by atoms with Crippen LogP contribution in [0.3, 0.4) is 0 Å². The molecule has 0 aliphatic heterocycles. The molecule has 0 unspecified atom stereocenters. The van der Waals surface area contributed by atoms with Gasteiger partial charge in [-0.2, -0.15) is 0 Å². The fourth-order valence-electron chi connectivity index (χ4n) is 1.44. The molecule has 0 aliphatic carbocycles. The van der Waals surface area contributed by atoms with Gasteiger partial charge in [0, 0.05) is 5.02 Å². The molecule has 0 bridgehead atoms. The molecule has 0 fully saturated rings. The molecule has 6 heteroatoms. The van der Waals surface area contributed by atoms with Crippen LogP contribution in [0.1, 0.15) is 16.1 Å². The maximum absolute atomic E-state index is 11.3. The van der Waals surface area contributed by atoms with E-state index in [-0.39, 0.29) is 11.6 Å². The minimum Gasteiger partial charge on any atom is -0.464 e. The zero-order chi connectivity index (χ0) is 13.8. The number of esters is 1. The van der Waals surface area contributed by atoms with Gasteiger partial charge in [0.15, 0.2) is 5.69 Å². The van der Waals surface area contributed by atoms with Gasteiger partial charge in [-0.25, -0.2) is 9.78 Å². The molecule has 0 atom stereocenters. The maximum Gasteiger partial charge on any atom is 0.358 e. The minimum atomic E-state index is -0.564. The Bertz CT molecular complexity index is 617. The fourth-order valence-corrected chi connectivity index (χ4v) is 1.67. The molecule has 0 saturated carbocycles. The lowest BCUT2D eigenvalue weighted by atomic mass is 10.2. The number of ether oxygens (including phenoxy) is 2. The van der Waals surface area contributed by atoms with Gasteiger partial charge in [-0.05, 0) is 30.7 Å². The van der Waals surface area contributed by atoms with E-state index in [0.717, 1.165) is 5.56 Å². The molecule has 1 heterocycles. The molecular formula is C13H11ClN2O3. The largest absolute Gasteiger partial charge is 0.464 e. The van der Waals surface area contributed by atoms with Gasteiger partial charge in [-0.3, -0.25) is 4.98 Å². The van der Waals surface area contributed by atoms with Crippen molar-refractivity contribution in [3.8, 4) is 11.6 Å². The summed E-state index contributed by atoms with van der Waals surface area (Å²) in [4.78, 5) is 19.2. The van der Waals surface area contributed by atoms with Crippen molar-refractivity contribution in [1.29, 1.82) is 0 Å². The Morgan fingerprint density at radius 3 is 2.79 bits per heavy atom. The van der Waals surface area contributed by atoms with Gasteiger partial charge in [0.05, 0.1) is 19.5 Å². The van der Waals surface area contributed by atoms with Crippen LogP contribution >= 0.6 is 11.6 Å². The first-order valence-electron chi connectivity index (χ1n) is 5.44. The Kier molecular flexibility index (Phi) is 3.97. The number of carbonyl (C=O) groups is 1. The number of nitrogens with zero attached hydrogens (tertiary/aromatic N) is 2. The number of hydrogen-bond donors (Lipinski definition) is 0. The van der Waals surface area contributed by atoms with Crippen molar-refractivity contribution in [2.75, 3.05) is 7.11 Å². The highest BCUT2D eigenvalue weighted by Gasteiger charge is 2.10. The van der Waals surface area contributed by atoms with E-state index in [1.807, 2.05) is 6.92 Å². The van der Waals surface area contributed by atoms with Crippen molar-refractivity contribution in [3.63, 3.8) is 0 Å². The van der Waals surface area contributed by atoms with Gasteiger partial charge >= 0.3 is 5.97 Å². The molecule has 1 aromatic carbocycles. The summed E-state index contributed by atoms with van der Waals surface area (Å²) in [6.07, 6.45) is 2.73. The highest BCUT2D eigenvalue weighted by Crippen LogP contribution is 2.25. The van der Waals surface area contributed by atoms with Crippen molar-refractivity contribution in [2.24, 2.45) is 0 Å². The molecule has 0 aliphatic rings. The third kappa shape index (κ3) is 3.20. The second-order valence-corrected chi connectivity index (χ2v) is 4.18. The van der Waals surface area contributed by atoms with Crippen molar-refractivity contribution >= 4 is 17.6 Å². The normalized spacial score (nSPS) is 10.1. The van der Waals surface area contributed by atoms with Crippen LogP contribution in [0.25, 0.3) is 0 Å². The zero-order valence-corrected chi connectivity index (χ0v) is 11.1. The molecular weight excluding hydrogens is 268 g/mol. The average Bonchev–Trinajstić information content (AvgIpc) is 2.41. The molecule has 19 heavy (non-hydrogen) atoms. The van der Waals surface area contributed by atoms with Crippen LogP contribution in [0.5, 0.6) is 11.6 Å². The summed E-state index contributed by atoms with van der Waals surface area (Å²) >= 11 is 5.86. The molecule has 2 aromatic rings. The predicted molar refractivity (Wildman–Crippen MR) is 69.6 cm³/mol. The van der Waals surface area contributed by atoms with Crippen molar-refractivity contribution in [3.05, 3.63) is 46.9 Å². The summed E-state index contributed by atoms with van der Waals surface area (Å²) in [7, 11) is 1.28. The topological polar surface area (TPSA) is 61.3 Å². The summed E-state index contributed by atoms with van der Waals surface area (Å²) in [6.45, 7) is 1.86. The number of methoxy groups -OCH3 is 1. The zero-order valence-electron chi connectivity index (χ0n) is 10.4. The maximum atomic E-state index is 11.3. The summed E-state index contributed by atoms with van der Waals surface area (Å²) in [6, 6.07) is 5.21.